The molecule has 0 spiro atoms. The van der Waals surface area contributed by atoms with Gasteiger partial charge in [0.2, 0.25) is 0 Å². The Morgan fingerprint density at radius 2 is 2.19 bits per heavy atom. The molecule has 1 heterocycles. The second-order valence-corrected chi connectivity index (χ2v) is 4.49. The predicted molar refractivity (Wildman–Crippen MR) is 66.2 cm³/mol. The van der Waals surface area contributed by atoms with Crippen LogP contribution in [0.15, 0.2) is 6.33 Å². The van der Waals surface area contributed by atoms with Gasteiger partial charge in [-0.1, -0.05) is 27.2 Å². The number of rotatable bonds is 8. The Balaban J connectivity index is 2.18. The van der Waals surface area contributed by atoms with Crippen molar-refractivity contribution in [2.45, 2.75) is 52.5 Å². The lowest BCUT2D eigenvalue weighted by molar-refractivity contribution is 0.386. The molecule has 4 heteroatoms. The molecule has 0 aliphatic carbocycles. The molecule has 0 aliphatic rings. The molecule has 0 saturated heterocycles. The Kier molecular flexibility index (Phi) is 6.08. The van der Waals surface area contributed by atoms with Crippen molar-refractivity contribution in [3.05, 3.63) is 12.2 Å². The zero-order valence-electron chi connectivity index (χ0n) is 10.7. The summed E-state index contributed by atoms with van der Waals surface area (Å²) in [5.74, 6) is 1.77. The van der Waals surface area contributed by atoms with Gasteiger partial charge in [0, 0.05) is 19.0 Å². The maximum absolute atomic E-state index is 4.11. The first kappa shape index (κ1) is 13.2. The fourth-order valence-corrected chi connectivity index (χ4v) is 1.79. The lowest BCUT2D eigenvalue weighted by Crippen LogP contribution is -2.32. The monoisotopic (exact) mass is 224 g/mol. The summed E-state index contributed by atoms with van der Waals surface area (Å²) in [5, 5.41) is 10.3. The molecule has 0 saturated carbocycles. The van der Waals surface area contributed by atoms with Crippen molar-refractivity contribution >= 4 is 0 Å². The molecule has 92 valence electrons. The van der Waals surface area contributed by atoms with Crippen LogP contribution in [0.3, 0.4) is 0 Å². The zero-order valence-corrected chi connectivity index (χ0v) is 10.7. The summed E-state index contributed by atoms with van der Waals surface area (Å²) in [6.07, 6.45) is 6.22. The summed E-state index contributed by atoms with van der Waals surface area (Å²) in [6, 6.07) is 0.637. The number of aromatic nitrogens is 3. The van der Waals surface area contributed by atoms with Gasteiger partial charge in [0.25, 0.3) is 0 Å². The molecule has 0 fully saturated rings. The van der Waals surface area contributed by atoms with Crippen LogP contribution < -0.4 is 5.32 Å². The molecule has 1 aromatic rings. The van der Waals surface area contributed by atoms with Crippen molar-refractivity contribution in [2.24, 2.45) is 5.92 Å². The van der Waals surface area contributed by atoms with Crippen molar-refractivity contribution in [2.75, 3.05) is 6.54 Å². The van der Waals surface area contributed by atoms with Crippen LogP contribution in [0.4, 0.5) is 0 Å². The summed E-state index contributed by atoms with van der Waals surface area (Å²) in [7, 11) is 0. The summed E-state index contributed by atoms with van der Waals surface area (Å²) in [6.45, 7) is 7.80. The predicted octanol–water partition coefficient (Wildman–Crippen LogP) is 2.15. The van der Waals surface area contributed by atoms with E-state index in [1.165, 1.54) is 19.3 Å². The van der Waals surface area contributed by atoms with E-state index in [-0.39, 0.29) is 0 Å². The van der Waals surface area contributed by atoms with Gasteiger partial charge in [-0.25, -0.2) is 4.98 Å². The van der Waals surface area contributed by atoms with E-state index in [0.29, 0.717) is 6.04 Å². The molecule has 2 N–H and O–H groups in total. The van der Waals surface area contributed by atoms with Gasteiger partial charge in [0.05, 0.1) is 0 Å². The van der Waals surface area contributed by atoms with Crippen LogP contribution in [-0.4, -0.2) is 27.8 Å². The molecule has 0 aromatic carbocycles. The third-order valence-corrected chi connectivity index (χ3v) is 3.14. The van der Waals surface area contributed by atoms with Crippen molar-refractivity contribution in [1.82, 2.24) is 20.5 Å². The summed E-state index contributed by atoms with van der Waals surface area (Å²) >= 11 is 0. The summed E-state index contributed by atoms with van der Waals surface area (Å²) in [4.78, 5) is 4.11. The molecule has 0 aliphatic heterocycles. The van der Waals surface area contributed by atoms with Crippen molar-refractivity contribution < 1.29 is 0 Å². The van der Waals surface area contributed by atoms with E-state index in [2.05, 4.69) is 41.3 Å². The Labute approximate surface area is 98.2 Å². The third-order valence-electron chi connectivity index (χ3n) is 3.14. The molecular weight excluding hydrogens is 200 g/mol. The van der Waals surface area contributed by atoms with Crippen molar-refractivity contribution in [3.63, 3.8) is 0 Å². The van der Waals surface area contributed by atoms with E-state index < -0.39 is 0 Å². The SMILES string of the molecule is CCC(C)CC(CC)NCCc1ncn[nH]1. The number of nitrogens with one attached hydrogen (secondary N) is 2. The Bertz CT molecular complexity index is 258. The molecule has 4 nitrogen and oxygen atoms in total. The first-order chi connectivity index (χ1) is 7.76. The smallest absolute Gasteiger partial charge is 0.137 e. The first-order valence-electron chi connectivity index (χ1n) is 6.33. The molecule has 1 rings (SSSR count). The van der Waals surface area contributed by atoms with Gasteiger partial charge in [-0.2, -0.15) is 5.10 Å². The van der Waals surface area contributed by atoms with Gasteiger partial charge >= 0.3 is 0 Å². The van der Waals surface area contributed by atoms with Crippen LogP contribution in [0.5, 0.6) is 0 Å². The highest BCUT2D eigenvalue weighted by Gasteiger charge is 2.09. The molecule has 1 aromatic heterocycles. The van der Waals surface area contributed by atoms with Crippen LogP contribution in [-0.2, 0) is 6.42 Å². The molecule has 2 unspecified atom stereocenters. The maximum atomic E-state index is 4.11. The topological polar surface area (TPSA) is 53.6 Å². The van der Waals surface area contributed by atoms with Crippen molar-refractivity contribution in [1.29, 1.82) is 0 Å². The Hall–Kier alpha value is -0.900. The molecule has 2 atom stereocenters. The molecular formula is C12H24N4. The summed E-state index contributed by atoms with van der Waals surface area (Å²) < 4.78 is 0. The maximum Gasteiger partial charge on any atom is 0.137 e. The number of hydrogen-bond acceptors (Lipinski definition) is 3. The van der Waals surface area contributed by atoms with Crippen LogP contribution in [0, 0.1) is 5.92 Å². The average molecular weight is 224 g/mol. The highest BCUT2D eigenvalue weighted by molar-refractivity contribution is 4.81. The van der Waals surface area contributed by atoms with Crippen LogP contribution >= 0.6 is 0 Å². The second-order valence-electron chi connectivity index (χ2n) is 4.49. The second kappa shape index (κ2) is 7.39. The minimum Gasteiger partial charge on any atom is -0.314 e. The van der Waals surface area contributed by atoms with Crippen molar-refractivity contribution in [3.8, 4) is 0 Å². The largest absolute Gasteiger partial charge is 0.314 e. The number of aromatic amines is 1. The summed E-state index contributed by atoms with van der Waals surface area (Å²) in [5.41, 5.74) is 0. The average Bonchev–Trinajstić information content (AvgIpc) is 2.80. The van der Waals surface area contributed by atoms with E-state index in [0.717, 1.165) is 24.7 Å². The fourth-order valence-electron chi connectivity index (χ4n) is 1.79. The van der Waals surface area contributed by atoms with Gasteiger partial charge in [-0.15, -0.1) is 0 Å². The van der Waals surface area contributed by atoms with E-state index in [1.54, 1.807) is 6.33 Å². The van der Waals surface area contributed by atoms with E-state index in [1.807, 2.05) is 0 Å². The highest BCUT2D eigenvalue weighted by atomic mass is 15.2. The highest BCUT2D eigenvalue weighted by Crippen LogP contribution is 2.11. The Morgan fingerprint density at radius 3 is 2.75 bits per heavy atom. The van der Waals surface area contributed by atoms with Gasteiger partial charge in [-0.05, 0) is 18.8 Å². The third kappa shape index (κ3) is 4.75. The van der Waals surface area contributed by atoms with Crippen LogP contribution in [0.1, 0.15) is 45.9 Å². The number of H-pyrrole nitrogens is 1. The lowest BCUT2D eigenvalue weighted by Gasteiger charge is -2.20. The Morgan fingerprint density at radius 1 is 1.38 bits per heavy atom. The first-order valence-corrected chi connectivity index (χ1v) is 6.33. The molecule has 0 radical (unpaired) electrons. The van der Waals surface area contributed by atoms with E-state index >= 15 is 0 Å². The van der Waals surface area contributed by atoms with Gasteiger partial charge in [0.15, 0.2) is 0 Å². The number of nitrogens with zero attached hydrogens (tertiary/aromatic N) is 2. The van der Waals surface area contributed by atoms with E-state index in [9.17, 15) is 0 Å². The molecule has 0 amide bonds. The lowest BCUT2D eigenvalue weighted by atomic mass is 9.98. The minimum absolute atomic E-state index is 0.637. The zero-order chi connectivity index (χ0) is 11.8. The molecule has 16 heavy (non-hydrogen) atoms. The minimum atomic E-state index is 0.637. The normalized spacial score (nSPS) is 14.9. The molecule has 0 bridgehead atoms. The van der Waals surface area contributed by atoms with Crippen LogP contribution in [0.25, 0.3) is 0 Å². The van der Waals surface area contributed by atoms with Gasteiger partial charge in [-0.3, -0.25) is 5.10 Å². The van der Waals surface area contributed by atoms with E-state index in [4.69, 9.17) is 0 Å². The quantitative estimate of drug-likeness (QED) is 0.711. The standard InChI is InChI=1S/C12H24N4/c1-4-10(3)8-11(5-2)13-7-6-12-14-9-15-16-12/h9-11,13H,4-8H2,1-3H3,(H,14,15,16). The fraction of sp³-hybridized carbons (Fsp3) is 0.833. The van der Waals surface area contributed by atoms with Gasteiger partial charge in [0.1, 0.15) is 12.2 Å². The van der Waals surface area contributed by atoms with Crippen LogP contribution in [0.2, 0.25) is 0 Å². The van der Waals surface area contributed by atoms with Gasteiger partial charge < -0.3 is 5.32 Å². The number of hydrogen-bond donors (Lipinski definition) is 2.